The van der Waals surface area contributed by atoms with Crippen molar-refractivity contribution < 1.29 is 31.1 Å². The van der Waals surface area contributed by atoms with Gasteiger partial charge in [-0.3, -0.25) is 4.79 Å². The fourth-order valence-electron chi connectivity index (χ4n) is 3.27. The Morgan fingerprint density at radius 1 is 1.09 bits per heavy atom. The maximum Gasteiger partial charge on any atom is 0.416 e. The first-order valence-electron chi connectivity index (χ1n) is 9.95. The molecule has 1 amide bonds. The van der Waals surface area contributed by atoms with Crippen LogP contribution in [0.2, 0.25) is 0 Å². The van der Waals surface area contributed by atoms with Crippen molar-refractivity contribution >= 4 is 27.3 Å². The summed E-state index contributed by atoms with van der Waals surface area (Å²) < 4.78 is 72.3. The number of morpholine rings is 1. The Labute approximate surface area is 184 Å². The van der Waals surface area contributed by atoms with Crippen LogP contribution >= 0.6 is 0 Å². The third-order valence-corrected chi connectivity index (χ3v) is 6.38. The number of nitrogens with one attached hydrogen (secondary N) is 2. The van der Waals surface area contributed by atoms with Gasteiger partial charge in [-0.05, 0) is 50.2 Å². The van der Waals surface area contributed by atoms with Crippen LogP contribution in [0.3, 0.4) is 0 Å². The summed E-state index contributed by atoms with van der Waals surface area (Å²) in [5, 5.41) is 2.52. The molecule has 0 spiro atoms. The zero-order chi connectivity index (χ0) is 23.5. The normalized spacial score (nSPS) is 15.1. The van der Waals surface area contributed by atoms with Gasteiger partial charge in [-0.25, -0.2) is 13.1 Å². The molecule has 2 aromatic carbocycles. The van der Waals surface area contributed by atoms with Gasteiger partial charge in [0.15, 0.2) is 0 Å². The highest BCUT2D eigenvalue weighted by atomic mass is 32.2. The number of anilines is 2. The lowest BCUT2D eigenvalue weighted by atomic mass is 10.1. The number of ether oxygens (including phenoxy) is 1. The number of halogens is 3. The van der Waals surface area contributed by atoms with Gasteiger partial charge in [0.05, 0.1) is 35.0 Å². The number of alkyl halides is 3. The van der Waals surface area contributed by atoms with E-state index < -0.39 is 27.7 Å². The summed E-state index contributed by atoms with van der Waals surface area (Å²) in [6.07, 6.45) is -4.58. The number of rotatable bonds is 6. The van der Waals surface area contributed by atoms with Crippen molar-refractivity contribution in [3.8, 4) is 0 Å². The Balaban J connectivity index is 1.93. The Morgan fingerprint density at radius 3 is 2.41 bits per heavy atom. The van der Waals surface area contributed by atoms with Gasteiger partial charge in [0.1, 0.15) is 0 Å². The molecular weight excluding hydrogens is 447 g/mol. The van der Waals surface area contributed by atoms with Gasteiger partial charge < -0.3 is 15.0 Å². The van der Waals surface area contributed by atoms with Crippen molar-refractivity contribution in [1.82, 2.24) is 4.72 Å². The van der Waals surface area contributed by atoms with Crippen LogP contribution in [0.15, 0.2) is 47.4 Å². The Bertz CT molecular complexity index is 1080. The Morgan fingerprint density at radius 2 is 1.78 bits per heavy atom. The van der Waals surface area contributed by atoms with Crippen LogP contribution in [0, 0.1) is 0 Å². The number of benzene rings is 2. The molecule has 0 atom stereocenters. The summed E-state index contributed by atoms with van der Waals surface area (Å²) in [5.41, 5.74) is -0.482. The minimum Gasteiger partial charge on any atom is -0.378 e. The second-order valence-corrected chi connectivity index (χ2v) is 9.30. The van der Waals surface area contributed by atoms with Crippen LogP contribution in [-0.2, 0) is 20.9 Å². The summed E-state index contributed by atoms with van der Waals surface area (Å²) in [6.45, 7) is 5.07. The number of hydrogen-bond donors (Lipinski definition) is 2. The van der Waals surface area contributed by atoms with E-state index in [0.29, 0.717) is 32.0 Å². The first-order chi connectivity index (χ1) is 15.0. The van der Waals surface area contributed by atoms with Crippen molar-refractivity contribution in [2.24, 2.45) is 0 Å². The van der Waals surface area contributed by atoms with Gasteiger partial charge in [0.25, 0.3) is 5.91 Å². The predicted octanol–water partition coefficient (Wildman–Crippen LogP) is 3.48. The van der Waals surface area contributed by atoms with E-state index in [2.05, 4.69) is 10.0 Å². The lowest BCUT2D eigenvalue weighted by Crippen LogP contribution is -2.36. The molecular formula is C21H24F3N3O4S. The molecule has 1 aliphatic heterocycles. The maximum atomic E-state index is 13.3. The molecule has 11 heteroatoms. The lowest BCUT2D eigenvalue weighted by Gasteiger charge is -2.31. The summed E-state index contributed by atoms with van der Waals surface area (Å²) in [6, 6.07) is 8.13. The van der Waals surface area contributed by atoms with Gasteiger partial charge in [-0.15, -0.1) is 0 Å². The standard InChI is InChI=1S/C21H24F3N3O4S/c1-14(2)26-32(29,30)17-5-3-4-15(12-17)20(28)25-18-13-16(21(22,23)24)6-7-19(18)27-8-10-31-11-9-27/h3-7,12-14,26H,8-11H2,1-2H3,(H,25,28). The number of nitrogens with zero attached hydrogens (tertiary/aromatic N) is 1. The molecule has 0 unspecified atom stereocenters. The van der Waals surface area contributed by atoms with Crippen LogP contribution in [0.25, 0.3) is 0 Å². The van der Waals surface area contributed by atoms with Crippen LogP contribution < -0.4 is 14.9 Å². The van der Waals surface area contributed by atoms with Crippen LogP contribution in [0.1, 0.15) is 29.8 Å². The zero-order valence-electron chi connectivity index (χ0n) is 17.6. The Hall–Kier alpha value is -2.63. The van der Waals surface area contributed by atoms with Gasteiger partial charge >= 0.3 is 6.18 Å². The van der Waals surface area contributed by atoms with Gasteiger partial charge in [-0.2, -0.15) is 13.2 Å². The fourth-order valence-corrected chi connectivity index (χ4v) is 4.57. The molecule has 0 radical (unpaired) electrons. The topological polar surface area (TPSA) is 87.7 Å². The van der Waals surface area contributed by atoms with E-state index >= 15 is 0 Å². The van der Waals surface area contributed by atoms with Crippen molar-refractivity contribution in [2.45, 2.75) is 31.0 Å². The molecule has 0 aromatic heterocycles. The van der Waals surface area contributed by atoms with Crippen molar-refractivity contribution in [2.75, 3.05) is 36.5 Å². The number of amides is 1. The minimum absolute atomic E-state index is 0.00182. The van der Waals surface area contributed by atoms with Crippen LogP contribution in [0.4, 0.5) is 24.5 Å². The molecule has 7 nitrogen and oxygen atoms in total. The SMILES string of the molecule is CC(C)NS(=O)(=O)c1cccc(C(=O)Nc2cc(C(F)(F)F)ccc2N2CCOCC2)c1. The van der Waals surface area contributed by atoms with E-state index in [4.69, 9.17) is 4.74 Å². The third kappa shape index (κ3) is 5.78. The molecule has 1 aliphatic rings. The fraction of sp³-hybridized carbons (Fsp3) is 0.381. The monoisotopic (exact) mass is 471 g/mol. The average molecular weight is 472 g/mol. The quantitative estimate of drug-likeness (QED) is 0.674. The highest BCUT2D eigenvalue weighted by Gasteiger charge is 2.32. The summed E-state index contributed by atoms with van der Waals surface area (Å²) in [7, 11) is -3.84. The number of sulfonamides is 1. The summed E-state index contributed by atoms with van der Waals surface area (Å²) in [4.78, 5) is 14.6. The molecule has 0 bridgehead atoms. The molecule has 0 aliphatic carbocycles. The molecule has 2 N–H and O–H groups in total. The molecule has 2 aromatic rings. The highest BCUT2D eigenvalue weighted by Crippen LogP contribution is 2.36. The number of carbonyl (C=O) groups is 1. The van der Waals surface area contributed by atoms with Crippen molar-refractivity contribution in [3.05, 3.63) is 53.6 Å². The molecule has 32 heavy (non-hydrogen) atoms. The predicted molar refractivity (Wildman–Crippen MR) is 114 cm³/mol. The number of hydrogen-bond acceptors (Lipinski definition) is 5. The average Bonchev–Trinajstić information content (AvgIpc) is 2.73. The van der Waals surface area contributed by atoms with Gasteiger partial charge in [0.2, 0.25) is 10.0 Å². The third-order valence-electron chi connectivity index (χ3n) is 4.72. The summed E-state index contributed by atoms with van der Waals surface area (Å²) in [5.74, 6) is -0.722. The minimum atomic E-state index is -4.58. The van der Waals surface area contributed by atoms with Crippen LogP contribution in [0.5, 0.6) is 0 Å². The first-order valence-corrected chi connectivity index (χ1v) is 11.4. The highest BCUT2D eigenvalue weighted by molar-refractivity contribution is 7.89. The molecule has 1 heterocycles. The molecule has 1 fully saturated rings. The van der Waals surface area contributed by atoms with Gasteiger partial charge in [-0.1, -0.05) is 6.07 Å². The molecule has 3 rings (SSSR count). The van der Waals surface area contributed by atoms with E-state index in [1.807, 2.05) is 4.90 Å². The van der Waals surface area contributed by atoms with E-state index in [9.17, 15) is 26.4 Å². The second kappa shape index (κ2) is 9.47. The maximum absolute atomic E-state index is 13.3. The lowest BCUT2D eigenvalue weighted by molar-refractivity contribution is -0.137. The molecule has 174 valence electrons. The van der Waals surface area contributed by atoms with Crippen molar-refractivity contribution in [3.63, 3.8) is 0 Å². The van der Waals surface area contributed by atoms with Crippen LogP contribution in [-0.4, -0.2) is 46.7 Å². The zero-order valence-corrected chi connectivity index (χ0v) is 18.4. The van der Waals surface area contributed by atoms with E-state index in [0.717, 1.165) is 12.1 Å². The first kappa shape index (κ1) is 24.0. The van der Waals surface area contributed by atoms with E-state index in [1.165, 1.54) is 30.3 Å². The van der Waals surface area contributed by atoms with E-state index in [1.54, 1.807) is 13.8 Å². The second-order valence-electron chi connectivity index (χ2n) is 7.59. The largest absolute Gasteiger partial charge is 0.416 e. The van der Waals surface area contributed by atoms with Crippen molar-refractivity contribution in [1.29, 1.82) is 0 Å². The number of carbonyl (C=O) groups excluding carboxylic acids is 1. The smallest absolute Gasteiger partial charge is 0.378 e. The molecule has 1 saturated heterocycles. The molecule has 0 saturated carbocycles. The Kier molecular flexibility index (Phi) is 7.11. The van der Waals surface area contributed by atoms with Gasteiger partial charge in [0, 0.05) is 24.7 Å². The summed E-state index contributed by atoms with van der Waals surface area (Å²) >= 11 is 0. The van der Waals surface area contributed by atoms with E-state index in [-0.39, 0.29) is 22.2 Å².